The first-order valence-corrected chi connectivity index (χ1v) is 43.6. The standard InChI is InChI=1S/C57H112N4O30P4S4/c1-39(65)58-45-51(71)48(68)42(36-62)89-54(45)79-26-12-6-9-15-29-83-93(75,97)86-32-18-22-57(61(4)25-21-35-82-92(74,96)78-5,23-19-33-87-94(76,98)84-30-16-10-7-13-27-80-55-46(59-40(2)66)52(72)49(69)43(37-63)90-55)24-20-34-88-95(77,99)85-31-17-11-8-14-28-81-56-47(60-41(3)67)53(73)50(70)44(38-64)91-56/h42-56,62-64,68-73H,6-38H2,1-5H3,(H,58,65)(H,59,66)(H,60,67)(H,74,96)(H,75,97)(H,76,98)(H,77,99)/p-4/t42?,43?,44?,45-,46-,47?,48-,49-,50-,51?,52?,53+,54+,55+,56+,57?,92?,93?,94?,95?/m0/s1. The molecule has 0 aliphatic carbocycles. The Kier molecular flexibility index (Phi) is 46.1. The summed E-state index contributed by atoms with van der Waals surface area (Å²) < 4.78 is 91.4. The number of hydrogen-bond acceptors (Lipinski definition) is 35. The number of ether oxygens (including phenoxy) is 6. The number of nitrogens with one attached hydrogen (secondary N) is 3. The van der Waals surface area contributed by atoms with E-state index in [1.54, 1.807) is 0 Å². The monoisotopic (exact) mass is 1580 g/mol. The van der Waals surface area contributed by atoms with E-state index in [4.69, 9.17) is 112 Å². The van der Waals surface area contributed by atoms with Crippen molar-refractivity contribution in [1.82, 2.24) is 20.9 Å². The molecule has 99 heavy (non-hydrogen) atoms. The summed E-state index contributed by atoms with van der Waals surface area (Å²) in [5.74, 6) is -1.44. The third kappa shape index (κ3) is 36.1. The predicted molar refractivity (Wildman–Crippen MR) is 364 cm³/mol. The molecule has 10 unspecified atom stereocenters. The number of carbonyl (C=O) groups is 3. The fourth-order valence-corrected chi connectivity index (χ4v) is 15.6. The van der Waals surface area contributed by atoms with Crippen LogP contribution in [0.15, 0.2) is 0 Å². The number of aliphatic hydroxyl groups excluding tert-OH is 9. The Labute approximate surface area is 601 Å². The maximum Gasteiger partial charge on any atom is 0.217 e. The minimum atomic E-state index is -4.00. The Morgan fingerprint density at radius 1 is 0.444 bits per heavy atom. The maximum absolute atomic E-state index is 13.4. The lowest BCUT2D eigenvalue weighted by Crippen LogP contribution is -2.64. The second kappa shape index (κ2) is 49.0. The number of rotatable bonds is 55. The molecule has 0 aromatic rings. The number of carbonyl (C=O) groups excluding carboxylic acids is 3. The maximum atomic E-state index is 13.4. The molecule has 3 amide bonds. The van der Waals surface area contributed by atoms with Crippen molar-refractivity contribution in [2.75, 3.05) is 107 Å². The average molecular weight is 1580 g/mol. The van der Waals surface area contributed by atoms with Gasteiger partial charge in [-0.1, -0.05) is 73.9 Å². The summed E-state index contributed by atoms with van der Waals surface area (Å²) >= 11 is 20.7. The lowest BCUT2D eigenvalue weighted by molar-refractivity contribution is -0.270. The van der Waals surface area contributed by atoms with Gasteiger partial charge in [-0.05, 0) is 90.5 Å². The number of nitrogens with zero attached hydrogens (tertiary/aromatic N) is 1. The summed E-state index contributed by atoms with van der Waals surface area (Å²) in [6.45, 7) is -13.3. The van der Waals surface area contributed by atoms with Crippen LogP contribution in [0.1, 0.15) is 143 Å². The molecule has 3 heterocycles. The molecule has 0 aromatic carbocycles. The summed E-state index contributed by atoms with van der Waals surface area (Å²) in [7, 11) is 3.02. The summed E-state index contributed by atoms with van der Waals surface area (Å²) in [4.78, 5) is 76.6. The van der Waals surface area contributed by atoms with E-state index in [9.17, 15) is 79.6 Å². The second-order valence-corrected chi connectivity index (χ2v) is 35.4. The lowest BCUT2D eigenvalue weighted by Gasteiger charge is -2.44. The van der Waals surface area contributed by atoms with Crippen molar-refractivity contribution in [2.45, 2.75) is 240 Å². The van der Waals surface area contributed by atoms with Crippen LogP contribution in [0.25, 0.3) is 0 Å². The van der Waals surface area contributed by atoms with E-state index in [2.05, 4.69) is 16.0 Å². The van der Waals surface area contributed by atoms with E-state index < -0.39 is 162 Å². The van der Waals surface area contributed by atoms with Gasteiger partial charge in [0.1, 0.15) is 93.2 Å². The number of hydrogen-bond donors (Lipinski definition) is 12. The smallest absolute Gasteiger partial charge is 0.217 e. The van der Waals surface area contributed by atoms with Gasteiger partial charge in [-0.2, -0.15) is 0 Å². The van der Waals surface area contributed by atoms with Crippen molar-refractivity contribution in [3.8, 4) is 0 Å². The minimum Gasteiger partial charge on any atom is -0.780 e. The van der Waals surface area contributed by atoms with Crippen LogP contribution in [0.4, 0.5) is 0 Å². The predicted octanol–water partition coefficient (Wildman–Crippen LogP) is -0.878. The minimum absolute atomic E-state index is 0.00905. The van der Waals surface area contributed by atoms with Crippen LogP contribution in [-0.2, 0) is 131 Å². The number of aliphatic hydroxyl groups is 9. The van der Waals surface area contributed by atoms with Crippen molar-refractivity contribution < 1.29 is 144 Å². The van der Waals surface area contributed by atoms with E-state index in [0.29, 0.717) is 109 Å². The summed E-state index contributed by atoms with van der Waals surface area (Å²) in [6, 6.07) is -3.22. The normalized spacial score (nSPS) is 29.0. The van der Waals surface area contributed by atoms with Crippen LogP contribution in [0.2, 0.25) is 0 Å². The van der Waals surface area contributed by atoms with Gasteiger partial charge in [-0.25, -0.2) is 0 Å². The van der Waals surface area contributed by atoms with Crippen LogP contribution in [0.5, 0.6) is 0 Å². The van der Waals surface area contributed by atoms with Gasteiger partial charge >= 0.3 is 0 Å². The largest absolute Gasteiger partial charge is 0.780 e. The Bertz CT molecular complexity index is 2270. The molecule has 0 spiro atoms. The van der Waals surface area contributed by atoms with Crippen LogP contribution in [0, 0.1) is 0 Å². The zero-order chi connectivity index (χ0) is 73.8. The van der Waals surface area contributed by atoms with E-state index in [1.165, 1.54) is 27.9 Å². The van der Waals surface area contributed by atoms with Crippen molar-refractivity contribution >= 4 is 92.3 Å². The fraction of sp³-hybridized carbons (Fsp3) is 0.947. The molecule has 0 bridgehead atoms. The van der Waals surface area contributed by atoms with Crippen LogP contribution < -0.4 is 30.6 Å². The molecule has 3 saturated heterocycles. The van der Waals surface area contributed by atoms with E-state index in [0.717, 1.165) is 0 Å². The highest BCUT2D eigenvalue weighted by Gasteiger charge is 2.48. The van der Waals surface area contributed by atoms with Gasteiger partial charge < -0.3 is 158 Å². The Morgan fingerprint density at radius 3 is 1.00 bits per heavy atom. The topological polar surface area (TPSA) is 488 Å². The quantitative estimate of drug-likeness (QED) is 0.0200. The van der Waals surface area contributed by atoms with Crippen molar-refractivity contribution in [3.63, 3.8) is 0 Å². The average Bonchev–Trinajstić information content (AvgIpc) is 0.826. The SMILES string of the molecule is COP([O-])(=S)OCCCN(C)C(CCCOP(=O)([S-])OCCCCCCO[C@@H]1OC(CO)[C@H](O)[C@H](O)C1NC(C)=O)(CCCOP([O-])(=S)OCCCCCCO[C@@H]1OC(CO)[C@H](O)C(O)[C@@H]1NC(C)=O)CCCOP([O-])(=S)OCCCCCCO[C@@H]1OC(CO)[C@H](O)C(O)[C@@H]1NC(C)=O. The molecular formula is C57H108N4O30P4S4-4. The van der Waals surface area contributed by atoms with Gasteiger partial charge in [0.2, 0.25) is 17.7 Å². The molecule has 12 N–H and O–H groups in total. The molecule has 0 saturated carbocycles. The van der Waals surface area contributed by atoms with Crippen LogP contribution >= 0.6 is 27.0 Å². The third-order valence-corrected chi connectivity index (χ3v) is 23.1. The van der Waals surface area contributed by atoms with Gasteiger partial charge in [-0.3, -0.25) is 18.9 Å². The van der Waals surface area contributed by atoms with Gasteiger partial charge in [0.25, 0.3) is 0 Å². The third-order valence-electron chi connectivity index (χ3n) is 16.5. The summed E-state index contributed by atoms with van der Waals surface area (Å²) in [6.07, 6.45) is -6.65. The molecule has 584 valence electrons. The molecule has 3 aliphatic heterocycles. The fourth-order valence-electron chi connectivity index (χ4n) is 11.2. The molecule has 19 atom stereocenters. The van der Waals surface area contributed by atoms with E-state index in [1.807, 2.05) is 11.9 Å². The molecule has 3 rings (SSSR count). The number of amides is 3. The van der Waals surface area contributed by atoms with Crippen molar-refractivity contribution in [1.29, 1.82) is 0 Å². The second-order valence-electron chi connectivity index (χ2n) is 24.3. The number of unbranched alkanes of at least 4 members (excludes halogenated alkanes) is 9. The van der Waals surface area contributed by atoms with E-state index >= 15 is 0 Å². The Hall–Kier alpha value is -0.140. The Balaban J connectivity index is 1.61. The molecule has 3 fully saturated rings. The lowest BCUT2D eigenvalue weighted by atomic mass is 9.82. The van der Waals surface area contributed by atoms with Gasteiger partial charge in [0.05, 0.1) is 66.1 Å². The first-order valence-electron chi connectivity index (χ1n) is 33.3. The summed E-state index contributed by atoms with van der Waals surface area (Å²) in [5.41, 5.74) is -0.794. The molecule has 34 nitrogen and oxygen atoms in total. The molecule has 0 aromatic heterocycles. The van der Waals surface area contributed by atoms with E-state index in [-0.39, 0.29) is 85.3 Å². The van der Waals surface area contributed by atoms with Gasteiger partial charge in [0.15, 0.2) is 25.7 Å². The van der Waals surface area contributed by atoms with Gasteiger partial charge in [-0.15, -0.1) is 0 Å². The highest BCUT2D eigenvalue weighted by molar-refractivity contribution is 8.32. The van der Waals surface area contributed by atoms with Crippen LogP contribution in [0.3, 0.4) is 0 Å². The first kappa shape index (κ1) is 93.1. The zero-order valence-corrected chi connectivity index (χ0v) is 63.8. The Morgan fingerprint density at radius 2 is 0.707 bits per heavy atom. The molecule has 3 aliphatic rings. The molecule has 42 heteroatoms. The molecule has 0 radical (unpaired) electrons. The van der Waals surface area contributed by atoms with Crippen molar-refractivity contribution in [3.05, 3.63) is 0 Å². The van der Waals surface area contributed by atoms with Crippen LogP contribution in [-0.4, -0.2) is 273 Å². The molecular weight excluding hydrogens is 1470 g/mol. The zero-order valence-electron chi connectivity index (χ0n) is 57.0. The first-order chi connectivity index (χ1) is 46.8. The van der Waals surface area contributed by atoms with Gasteiger partial charge in [0, 0.05) is 59.8 Å². The highest BCUT2D eigenvalue weighted by atomic mass is 32.7. The van der Waals surface area contributed by atoms with Crippen molar-refractivity contribution in [2.24, 2.45) is 0 Å². The summed E-state index contributed by atoms with van der Waals surface area (Å²) in [5, 5.41) is 98.8. The highest BCUT2D eigenvalue weighted by Crippen LogP contribution is 2.47.